The fourth-order valence-electron chi connectivity index (χ4n) is 8.84. The third-order valence-electron chi connectivity index (χ3n) is 10.8. The quantitative estimate of drug-likeness (QED) is 0.213. The number of Topliss-reactive ketones (excluding diaryl/α,β-unsaturated/α-hetero) is 3. The molecular weight excluding hydrogens is 464 g/mol. The van der Waals surface area contributed by atoms with Crippen molar-refractivity contribution in [1.82, 2.24) is 0 Å². The summed E-state index contributed by atoms with van der Waals surface area (Å²) < 4.78 is 5.49. The number of rotatable bonds is 4. The Morgan fingerprint density at radius 1 is 0.730 bits per heavy atom. The molecule has 5 saturated carbocycles. The smallest absolute Gasteiger partial charge is 0.170 e. The molecule has 0 aromatic carbocycles. The molecule has 0 heterocycles. The van der Waals surface area contributed by atoms with E-state index in [0.717, 1.165) is 25.7 Å². The average Bonchev–Trinajstić information content (AvgIpc) is 3.29. The predicted octanol–water partition coefficient (Wildman–Crippen LogP) is 6.21. The number of allylic oxidation sites excluding steroid dienone is 7. The zero-order valence-corrected chi connectivity index (χ0v) is 22.0. The molecule has 6 rings (SSSR count). The Bertz CT molecular complexity index is 1070. The van der Waals surface area contributed by atoms with Crippen LogP contribution in [0.4, 0.5) is 0 Å². The number of fused-ring (bicyclic) bond motifs is 4. The van der Waals surface area contributed by atoms with Crippen LogP contribution in [0.3, 0.4) is 0 Å². The monoisotopic (exact) mass is 504 g/mol. The van der Waals surface area contributed by atoms with E-state index in [1.165, 1.54) is 58.5 Å². The van der Waals surface area contributed by atoms with E-state index >= 15 is 0 Å². The van der Waals surface area contributed by atoms with Crippen molar-refractivity contribution in [3.63, 3.8) is 0 Å². The van der Waals surface area contributed by atoms with Crippen LogP contribution in [-0.2, 0) is 19.1 Å². The van der Waals surface area contributed by atoms with E-state index in [1.807, 2.05) is 0 Å². The van der Waals surface area contributed by atoms with Gasteiger partial charge in [0.25, 0.3) is 0 Å². The molecule has 0 amide bonds. The van der Waals surface area contributed by atoms with Crippen LogP contribution >= 0.6 is 0 Å². The van der Waals surface area contributed by atoms with Gasteiger partial charge in [-0.15, -0.1) is 0 Å². The lowest BCUT2D eigenvalue weighted by atomic mass is 9.64. The van der Waals surface area contributed by atoms with Crippen molar-refractivity contribution in [3.05, 3.63) is 47.0 Å². The molecule has 6 aliphatic rings. The summed E-state index contributed by atoms with van der Waals surface area (Å²) in [5, 5.41) is 11.0. The minimum absolute atomic E-state index is 0.00780. The fraction of sp³-hybridized carbons (Fsp3) is 0.656. The maximum Gasteiger partial charge on any atom is 0.170 e. The van der Waals surface area contributed by atoms with E-state index in [2.05, 4.69) is 0 Å². The van der Waals surface area contributed by atoms with Crippen LogP contribution in [0.5, 0.6) is 0 Å². The van der Waals surface area contributed by atoms with Crippen molar-refractivity contribution >= 4 is 17.3 Å². The van der Waals surface area contributed by atoms with Gasteiger partial charge in [0.05, 0.1) is 18.3 Å². The van der Waals surface area contributed by atoms with Crippen LogP contribution in [0.2, 0.25) is 0 Å². The SMILES string of the molecule is COC(C=CC1=C(O)C2CC3CCCCC3CC2C1=O)=CC=C1C(=O)C2CC3CCCCC3CC2C1=O. The molecule has 198 valence electrons. The maximum atomic E-state index is 13.2. The number of ketones is 3. The van der Waals surface area contributed by atoms with Gasteiger partial charge in [0.2, 0.25) is 0 Å². The van der Waals surface area contributed by atoms with Crippen molar-refractivity contribution in [2.75, 3.05) is 7.11 Å². The Morgan fingerprint density at radius 2 is 1.19 bits per heavy atom. The van der Waals surface area contributed by atoms with Gasteiger partial charge in [0.15, 0.2) is 17.3 Å². The molecule has 8 unspecified atom stereocenters. The maximum absolute atomic E-state index is 13.2. The van der Waals surface area contributed by atoms with E-state index in [9.17, 15) is 19.5 Å². The van der Waals surface area contributed by atoms with Crippen LogP contribution in [0.1, 0.15) is 77.0 Å². The Hall–Kier alpha value is -2.43. The van der Waals surface area contributed by atoms with Gasteiger partial charge in [-0.25, -0.2) is 0 Å². The van der Waals surface area contributed by atoms with E-state index in [4.69, 9.17) is 4.74 Å². The van der Waals surface area contributed by atoms with Gasteiger partial charge in [0, 0.05) is 23.7 Å². The highest BCUT2D eigenvalue weighted by Crippen LogP contribution is 2.52. The summed E-state index contributed by atoms with van der Waals surface area (Å²) in [4.78, 5) is 39.5. The normalized spacial score (nSPS) is 40.0. The van der Waals surface area contributed by atoms with Crippen LogP contribution in [-0.4, -0.2) is 29.6 Å². The molecule has 0 spiro atoms. The van der Waals surface area contributed by atoms with Gasteiger partial charge in [-0.05, 0) is 73.7 Å². The molecule has 0 bridgehead atoms. The first kappa shape index (κ1) is 24.9. The topological polar surface area (TPSA) is 80.7 Å². The van der Waals surface area contributed by atoms with Gasteiger partial charge in [-0.2, -0.15) is 0 Å². The third kappa shape index (κ3) is 4.36. The first-order valence-corrected chi connectivity index (χ1v) is 14.7. The lowest BCUT2D eigenvalue weighted by Crippen LogP contribution is -2.35. The van der Waals surface area contributed by atoms with Gasteiger partial charge < -0.3 is 9.84 Å². The van der Waals surface area contributed by atoms with E-state index in [1.54, 1.807) is 24.3 Å². The molecule has 37 heavy (non-hydrogen) atoms. The van der Waals surface area contributed by atoms with Crippen LogP contribution in [0.25, 0.3) is 0 Å². The van der Waals surface area contributed by atoms with Gasteiger partial charge in [-0.3, -0.25) is 14.4 Å². The van der Waals surface area contributed by atoms with Crippen molar-refractivity contribution in [2.24, 2.45) is 47.3 Å². The summed E-state index contributed by atoms with van der Waals surface area (Å²) in [7, 11) is 1.53. The summed E-state index contributed by atoms with van der Waals surface area (Å²) in [6, 6.07) is 0. The van der Waals surface area contributed by atoms with Gasteiger partial charge in [0.1, 0.15) is 11.5 Å². The number of hydrogen-bond acceptors (Lipinski definition) is 5. The van der Waals surface area contributed by atoms with Crippen LogP contribution < -0.4 is 0 Å². The minimum Gasteiger partial charge on any atom is -0.511 e. The van der Waals surface area contributed by atoms with Gasteiger partial charge >= 0.3 is 0 Å². The molecule has 1 N–H and O–H groups in total. The molecule has 5 heteroatoms. The predicted molar refractivity (Wildman–Crippen MR) is 140 cm³/mol. The van der Waals surface area contributed by atoms with Crippen molar-refractivity contribution in [2.45, 2.75) is 77.0 Å². The van der Waals surface area contributed by atoms with E-state index in [-0.39, 0.29) is 46.8 Å². The molecule has 8 atom stereocenters. The highest BCUT2D eigenvalue weighted by Gasteiger charge is 2.51. The molecule has 5 fully saturated rings. The summed E-state index contributed by atoms with van der Waals surface area (Å²) in [5.41, 5.74) is 0.690. The first-order valence-electron chi connectivity index (χ1n) is 14.7. The second-order valence-electron chi connectivity index (χ2n) is 12.6. The summed E-state index contributed by atoms with van der Waals surface area (Å²) in [6.07, 6.45) is 19.9. The second kappa shape index (κ2) is 10.0. The zero-order valence-electron chi connectivity index (χ0n) is 22.0. The average molecular weight is 505 g/mol. The Morgan fingerprint density at radius 3 is 1.68 bits per heavy atom. The molecule has 0 aromatic rings. The fourth-order valence-corrected chi connectivity index (χ4v) is 8.84. The molecule has 0 aromatic heterocycles. The number of ether oxygens (including phenoxy) is 1. The van der Waals surface area contributed by atoms with Crippen molar-refractivity contribution in [1.29, 1.82) is 0 Å². The molecule has 0 aliphatic heterocycles. The van der Waals surface area contributed by atoms with E-state index < -0.39 is 0 Å². The Balaban J connectivity index is 1.18. The van der Waals surface area contributed by atoms with Crippen molar-refractivity contribution in [3.8, 4) is 0 Å². The number of carbonyl (C=O) groups is 3. The summed E-state index contributed by atoms with van der Waals surface area (Å²) in [6.45, 7) is 0. The lowest BCUT2D eigenvalue weighted by Gasteiger charge is -2.40. The standard InChI is InChI=1S/C32H40O5/c1-37-22(10-12-23-29(33)25-14-18-6-2-3-7-19(18)15-26(25)30(23)34)11-13-24-31(35)27-16-20-8-4-5-9-21(20)17-28(27)32(24)36/h10-13,18-21,25-28,33H,2-9,14-17H2,1H3. The Labute approximate surface area is 220 Å². The molecule has 6 aliphatic carbocycles. The number of aliphatic hydroxyl groups excluding tert-OH is 1. The first-order chi connectivity index (χ1) is 18.0. The number of aliphatic hydroxyl groups is 1. The van der Waals surface area contributed by atoms with E-state index in [0.29, 0.717) is 40.6 Å². The molecule has 5 nitrogen and oxygen atoms in total. The molecule has 0 saturated heterocycles. The highest BCUT2D eigenvalue weighted by atomic mass is 16.5. The molecular formula is C32H40O5. The number of hydrogen-bond donors (Lipinski definition) is 1. The second-order valence-corrected chi connectivity index (χ2v) is 12.6. The third-order valence-corrected chi connectivity index (χ3v) is 10.8. The van der Waals surface area contributed by atoms with Gasteiger partial charge in [-0.1, -0.05) is 51.4 Å². The zero-order chi connectivity index (χ0) is 25.7. The van der Waals surface area contributed by atoms with Crippen molar-refractivity contribution < 1.29 is 24.2 Å². The minimum atomic E-state index is -0.154. The summed E-state index contributed by atoms with van der Waals surface area (Å²) >= 11 is 0. The number of carbonyl (C=O) groups excluding carboxylic acids is 3. The Kier molecular flexibility index (Phi) is 6.75. The molecule has 0 radical (unpaired) electrons. The highest BCUT2D eigenvalue weighted by molar-refractivity contribution is 6.27. The van der Waals surface area contributed by atoms with Crippen LogP contribution in [0.15, 0.2) is 47.0 Å². The lowest BCUT2D eigenvalue weighted by molar-refractivity contribution is -0.123. The van der Waals surface area contributed by atoms with Crippen LogP contribution in [0, 0.1) is 47.3 Å². The summed E-state index contributed by atoms with van der Waals surface area (Å²) in [5.74, 6) is 2.69. The largest absolute Gasteiger partial charge is 0.511 e. The number of methoxy groups -OCH3 is 1.